The summed E-state index contributed by atoms with van der Waals surface area (Å²) < 4.78 is 1.22. The van der Waals surface area contributed by atoms with Crippen LogP contribution in [-0.4, -0.2) is 4.98 Å². The number of hydrogen-bond acceptors (Lipinski definition) is 0. The van der Waals surface area contributed by atoms with E-state index in [9.17, 15) is 0 Å². The fraction of sp³-hybridized carbons (Fsp3) is 0. The minimum absolute atomic E-state index is 1.22. The van der Waals surface area contributed by atoms with Crippen LogP contribution in [0.5, 0.6) is 0 Å². The van der Waals surface area contributed by atoms with Gasteiger partial charge >= 0.3 is 46.4 Å². The zero-order valence-corrected chi connectivity index (χ0v) is 5.46. The Morgan fingerprint density at radius 2 is 2.50 bits per heavy atom. The number of aromatic amines is 1. The van der Waals surface area contributed by atoms with Crippen molar-refractivity contribution < 1.29 is 18.9 Å². The van der Waals surface area contributed by atoms with Gasteiger partial charge in [0.05, 0.1) is 0 Å². The second-order valence-corrected chi connectivity index (χ2v) is 2.28. The van der Waals surface area contributed by atoms with E-state index < -0.39 is 0 Å². The maximum absolute atomic E-state index is 3.00. The van der Waals surface area contributed by atoms with E-state index in [2.05, 4.69) is 4.98 Å². The van der Waals surface area contributed by atoms with Gasteiger partial charge in [0.15, 0.2) is 0 Å². The number of nitrogens with one attached hydrogen (secondary N) is 1. The molecule has 0 aliphatic carbocycles. The molecule has 1 aromatic heterocycles. The third-order valence-electron chi connectivity index (χ3n) is 0.546. The molecule has 1 heterocycles. The first kappa shape index (κ1) is 4.10. The van der Waals surface area contributed by atoms with Gasteiger partial charge in [0.25, 0.3) is 0 Å². The zero-order chi connectivity index (χ0) is 4.41. The maximum atomic E-state index is 3.00. The third kappa shape index (κ3) is 0.702. The molecular formula is C4H4IrN. The predicted octanol–water partition coefficient (Wildman–Crippen LogP) is 0.187. The Morgan fingerprint density at radius 1 is 1.67 bits per heavy atom. The summed E-state index contributed by atoms with van der Waals surface area (Å²) in [7, 11) is 0. The molecule has 0 amide bonds. The van der Waals surface area contributed by atoms with E-state index in [0.717, 1.165) is 0 Å². The first-order chi connectivity index (χ1) is 2.89. The fourth-order valence-electron chi connectivity index (χ4n) is 0.300. The number of rotatable bonds is 0. The van der Waals surface area contributed by atoms with Crippen LogP contribution in [0.15, 0.2) is 18.3 Å². The van der Waals surface area contributed by atoms with Gasteiger partial charge < -0.3 is 0 Å². The van der Waals surface area contributed by atoms with Gasteiger partial charge in [0.1, 0.15) is 0 Å². The first-order valence-corrected chi connectivity index (χ1v) is 2.86. The Labute approximate surface area is 46.9 Å². The van der Waals surface area contributed by atoms with Gasteiger partial charge in [0.2, 0.25) is 0 Å². The monoisotopic (exact) mass is 259 g/mol. The molecule has 0 radical (unpaired) electrons. The van der Waals surface area contributed by atoms with Crippen LogP contribution in [0.1, 0.15) is 0 Å². The van der Waals surface area contributed by atoms with Crippen molar-refractivity contribution in [1.82, 2.24) is 4.98 Å². The Bertz CT molecular complexity index is 111. The molecule has 0 aliphatic heterocycles. The summed E-state index contributed by atoms with van der Waals surface area (Å²) in [5.74, 6) is 0. The molecule has 1 N–H and O–H groups in total. The molecule has 0 aliphatic rings. The standard InChI is InChI=1S/C4H4N.Ir/c1-2-4-5-3-1;/h1-3,5H;. The van der Waals surface area contributed by atoms with Crippen LogP contribution < -0.4 is 4.21 Å². The summed E-state index contributed by atoms with van der Waals surface area (Å²) in [6.45, 7) is 0. The Balaban J connectivity index is 3.05. The Morgan fingerprint density at radius 3 is 2.67 bits per heavy atom. The number of aromatic nitrogens is 1. The van der Waals surface area contributed by atoms with Gasteiger partial charge in [-0.1, -0.05) is 0 Å². The average Bonchev–Trinajstić information content (AvgIpc) is 1.86. The van der Waals surface area contributed by atoms with Crippen LogP contribution in [0, 0.1) is 0 Å². The summed E-state index contributed by atoms with van der Waals surface area (Å²) in [6, 6.07) is 4.01. The second-order valence-electron chi connectivity index (χ2n) is 0.994. The molecule has 1 nitrogen and oxygen atoms in total. The quantitative estimate of drug-likeness (QED) is 0.683. The zero-order valence-electron chi connectivity index (χ0n) is 3.07. The molecule has 2 heteroatoms. The second kappa shape index (κ2) is 1.59. The van der Waals surface area contributed by atoms with Crippen molar-refractivity contribution in [3.63, 3.8) is 0 Å². The van der Waals surface area contributed by atoms with E-state index >= 15 is 0 Å². The van der Waals surface area contributed by atoms with Crippen molar-refractivity contribution in [2.45, 2.75) is 0 Å². The third-order valence-corrected chi connectivity index (χ3v) is 1.29. The Kier molecular flexibility index (Phi) is 1.08. The van der Waals surface area contributed by atoms with Crippen molar-refractivity contribution in [2.75, 3.05) is 0 Å². The van der Waals surface area contributed by atoms with E-state index in [0.29, 0.717) is 0 Å². The molecule has 0 aromatic carbocycles. The van der Waals surface area contributed by atoms with E-state index in [4.69, 9.17) is 0 Å². The van der Waals surface area contributed by atoms with E-state index in [1.165, 1.54) is 4.21 Å². The van der Waals surface area contributed by atoms with Gasteiger partial charge in [-0.15, -0.1) is 0 Å². The van der Waals surface area contributed by atoms with Crippen LogP contribution in [0.25, 0.3) is 0 Å². The van der Waals surface area contributed by atoms with Gasteiger partial charge in [-0.05, 0) is 0 Å². The molecule has 0 bridgehead atoms. The van der Waals surface area contributed by atoms with E-state index in [1.54, 1.807) is 0 Å². The average molecular weight is 258 g/mol. The predicted molar refractivity (Wildman–Crippen MR) is 20.4 cm³/mol. The van der Waals surface area contributed by atoms with Crippen molar-refractivity contribution in [3.05, 3.63) is 18.3 Å². The minimum atomic E-state index is 1.22. The van der Waals surface area contributed by atoms with Crippen molar-refractivity contribution in [1.29, 1.82) is 0 Å². The van der Waals surface area contributed by atoms with Gasteiger partial charge in [0, 0.05) is 0 Å². The van der Waals surface area contributed by atoms with Gasteiger partial charge in [-0.3, -0.25) is 0 Å². The molecular weight excluding hydrogens is 254 g/mol. The summed E-state index contributed by atoms with van der Waals surface area (Å²) >= 11 is 2.03. The Hall–Kier alpha value is -0.0706. The molecule has 0 atom stereocenters. The van der Waals surface area contributed by atoms with Gasteiger partial charge in [-0.25, -0.2) is 0 Å². The fourth-order valence-corrected chi connectivity index (χ4v) is 0.730. The molecule has 0 saturated carbocycles. The van der Waals surface area contributed by atoms with Crippen molar-refractivity contribution in [2.24, 2.45) is 0 Å². The molecule has 1 aromatic rings. The molecule has 0 saturated heterocycles. The van der Waals surface area contributed by atoms with E-state index in [-0.39, 0.29) is 0 Å². The summed E-state index contributed by atoms with van der Waals surface area (Å²) in [5, 5.41) is 0. The molecule has 34 valence electrons. The SMILES string of the molecule is [Ir][c]1ccc[nH]1. The summed E-state index contributed by atoms with van der Waals surface area (Å²) in [4.78, 5) is 3.00. The summed E-state index contributed by atoms with van der Waals surface area (Å²) in [5.41, 5.74) is 0. The molecule has 0 unspecified atom stereocenters. The van der Waals surface area contributed by atoms with Crippen LogP contribution in [0.3, 0.4) is 0 Å². The topological polar surface area (TPSA) is 15.8 Å². The van der Waals surface area contributed by atoms with Crippen molar-refractivity contribution in [3.8, 4) is 0 Å². The van der Waals surface area contributed by atoms with E-state index in [1.807, 2.05) is 37.2 Å². The van der Waals surface area contributed by atoms with Crippen LogP contribution >= 0.6 is 0 Å². The first-order valence-electron chi connectivity index (χ1n) is 1.66. The van der Waals surface area contributed by atoms with Gasteiger partial charge in [-0.2, -0.15) is 0 Å². The normalized spacial score (nSPS) is 9.00. The molecule has 6 heavy (non-hydrogen) atoms. The van der Waals surface area contributed by atoms with Crippen LogP contribution in [0.2, 0.25) is 0 Å². The van der Waals surface area contributed by atoms with Crippen LogP contribution in [-0.2, 0) is 18.9 Å². The van der Waals surface area contributed by atoms with Crippen molar-refractivity contribution >= 4 is 4.21 Å². The molecule has 0 fully saturated rings. The number of hydrogen-bond donors (Lipinski definition) is 1. The van der Waals surface area contributed by atoms with Crippen LogP contribution in [0.4, 0.5) is 0 Å². The molecule has 0 spiro atoms. The summed E-state index contributed by atoms with van der Waals surface area (Å²) in [6.07, 6.45) is 1.91. The number of H-pyrrole nitrogens is 1. The molecule has 1 rings (SSSR count).